The fourth-order valence-corrected chi connectivity index (χ4v) is 2.85. The number of hydrogen-bond acceptors (Lipinski definition) is 3. The van der Waals surface area contributed by atoms with Gasteiger partial charge in [-0.15, -0.1) is 0 Å². The van der Waals surface area contributed by atoms with Crippen LogP contribution in [-0.2, 0) is 9.59 Å². The highest BCUT2D eigenvalue weighted by molar-refractivity contribution is 5.85. The summed E-state index contributed by atoms with van der Waals surface area (Å²) in [7, 11) is 1.64. The molecular weight excluding hydrogens is 280 g/mol. The molecule has 0 aromatic heterocycles. The molecule has 0 bridgehead atoms. The molecule has 5 heteroatoms. The Morgan fingerprint density at radius 3 is 2.95 bits per heavy atom. The lowest BCUT2D eigenvalue weighted by atomic mass is 10.0. The maximum atomic E-state index is 12.4. The van der Waals surface area contributed by atoms with Crippen LogP contribution in [0.1, 0.15) is 44.2 Å². The van der Waals surface area contributed by atoms with Gasteiger partial charge in [0.25, 0.3) is 0 Å². The van der Waals surface area contributed by atoms with E-state index in [2.05, 4.69) is 5.32 Å². The number of nitrogens with one attached hydrogen (secondary N) is 1. The van der Waals surface area contributed by atoms with Gasteiger partial charge in [-0.1, -0.05) is 19.1 Å². The zero-order valence-corrected chi connectivity index (χ0v) is 13.3. The number of likely N-dealkylation sites (tertiary alicyclic amines) is 1. The van der Waals surface area contributed by atoms with E-state index in [1.54, 1.807) is 7.11 Å². The molecule has 0 spiro atoms. The third-order valence-electron chi connectivity index (χ3n) is 3.97. The summed E-state index contributed by atoms with van der Waals surface area (Å²) in [5, 5.41) is 2.70. The molecule has 1 aromatic carbocycles. The predicted octanol–water partition coefficient (Wildman–Crippen LogP) is 2.28. The third kappa shape index (κ3) is 4.00. The first kappa shape index (κ1) is 16.3. The summed E-state index contributed by atoms with van der Waals surface area (Å²) in [6.45, 7) is 2.77. The van der Waals surface area contributed by atoms with Crippen molar-refractivity contribution < 1.29 is 14.3 Å². The van der Waals surface area contributed by atoms with Gasteiger partial charge in [0.05, 0.1) is 19.7 Å². The number of methoxy groups -OCH3 is 1. The summed E-state index contributed by atoms with van der Waals surface area (Å²) in [5.41, 5.74) is 1.09. The van der Waals surface area contributed by atoms with E-state index in [4.69, 9.17) is 4.74 Å². The number of carbonyl (C=O) groups excluding carboxylic acids is 2. The lowest BCUT2D eigenvalue weighted by molar-refractivity contribution is -0.133. The fraction of sp³-hybridized carbons (Fsp3) is 0.529. The number of nitrogens with zero attached hydrogens (tertiary/aromatic N) is 1. The van der Waals surface area contributed by atoms with Gasteiger partial charge >= 0.3 is 0 Å². The summed E-state index contributed by atoms with van der Waals surface area (Å²) in [6.07, 6.45) is 3.18. The van der Waals surface area contributed by atoms with Crippen LogP contribution in [-0.4, -0.2) is 36.9 Å². The Kier molecular flexibility index (Phi) is 5.81. The zero-order chi connectivity index (χ0) is 15.9. The van der Waals surface area contributed by atoms with Gasteiger partial charge in [0, 0.05) is 13.0 Å². The van der Waals surface area contributed by atoms with E-state index in [1.165, 1.54) is 0 Å². The number of hydrogen-bond donors (Lipinski definition) is 1. The van der Waals surface area contributed by atoms with E-state index in [1.807, 2.05) is 36.1 Å². The SMILES string of the molecule is CCCC(=O)NCC(=O)N1CCCC1c1cccc(OC)c1. The molecule has 0 aliphatic carbocycles. The summed E-state index contributed by atoms with van der Waals surface area (Å²) in [4.78, 5) is 25.7. The van der Waals surface area contributed by atoms with Crippen molar-refractivity contribution in [2.24, 2.45) is 0 Å². The average molecular weight is 304 g/mol. The lowest BCUT2D eigenvalue weighted by Gasteiger charge is -2.25. The summed E-state index contributed by atoms with van der Waals surface area (Å²) >= 11 is 0. The average Bonchev–Trinajstić information content (AvgIpc) is 3.02. The van der Waals surface area contributed by atoms with E-state index in [0.717, 1.165) is 37.1 Å². The fourth-order valence-electron chi connectivity index (χ4n) is 2.85. The van der Waals surface area contributed by atoms with Gasteiger partial charge in [-0.25, -0.2) is 0 Å². The van der Waals surface area contributed by atoms with Crippen LogP contribution in [0.25, 0.3) is 0 Å². The molecular formula is C17H24N2O3. The Hall–Kier alpha value is -2.04. The lowest BCUT2D eigenvalue weighted by Crippen LogP contribution is -2.39. The second-order valence-corrected chi connectivity index (χ2v) is 5.55. The van der Waals surface area contributed by atoms with Crippen molar-refractivity contribution in [3.8, 4) is 5.75 Å². The van der Waals surface area contributed by atoms with Crippen molar-refractivity contribution in [3.63, 3.8) is 0 Å². The number of carbonyl (C=O) groups is 2. The standard InChI is InChI=1S/C17H24N2O3/c1-3-6-16(20)18-12-17(21)19-10-5-9-15(19)13-7-4-8-14(11-13)22-2/h4,7-8,11,15H,3,5-6,9-10,12H2,1-2H3,(H,18,20). The maximum Gasteiger partial charge on any atom is 0.242 e. The van der Waals surface area contributed by atoms with Crippen molar-refractivity contribution in [2.75, 3.05) is 20.2 Å². The van der Waals surface area contributed by atoms with E-state index < -0.39 is 0 Å². The minimum Gasteiger partial charge on any atom is -0.497 e. The number of ether oxygens (including phenoxy) is 1. The number of benzene rings is 1. The van der Waals surface area contributed by atoms with Crippen LogP contribution in [0.4, 0.5) is 0 Å². The Labute approximate surface area is 131 Å². The molecule has 22 heavy (non-hydrogen) atoms. The molecule has 1 aliphatic heterocycles. The van der Waals surface area contributed by atoms with Crippen molar-refractivity contribution >= 4 is 11.8 Å². The monoisotopic (exact) mass is 304 g/mol. The summed E-state index contributed by atoms with van der Waals surface area (Å²) < 4.78 is 5.26. The molecule has 1 fully saturated rings. The molecule has 1 N–H and O–H groups in total. The van der Waals surface area contributed by atoms with Gasteiger partial charge < -0.3 is 15.0 Å². The van der Waals surface area contributed by atoms with Crippen molar-refractivity contribution in [1.29, 1.82) is 0 Å². The van der Waals surface area contributed by atoms with Gasteiger partial charge in [0.15, 0.2) is 0 Å². The topological polar surface area (TPSA) is 58.6 Å². The van der Waals surface area contributed by atoms with Crippen LogP contribution in [0, 0.1) is 0 Å². The Balaban J connectivity index is 2.00. The Morgan fingerprint density at radius 1 is 1.41 bits per heavy atom. The van der Waals surface area contributed by atoms with E-state index in [-0.39, 0.29) is 24.4 Å². The minimum atomic E-state index is -0.0621. The normalized spacial score (nSPS) is 17.4. The Morgan fingerprint density at radius 2 is 2.23 bits per heavy atom. The van der Waals surface area contributed by atoms with E-state index in [9.17, 15) is 9.59 Å². The molecule has 1 aromatic rings. The van der Waals surface area contributed by atoms with Crippen LogP contribution in [0.3, 0.4) is 0 Å². The third-order valence-corrected chi connectivity index (χ3v) is 3.97. The maximum absolute atomic E-state index is 12.4. The van der Waals surface area contributed by atoms with Crippen LogP contribution in [0.5, 0.6) is 5.75 Å². The highest BCUT2D eigenvalue weighted by Gasteiger charge is 2.29. The molecule has 0 radical (unpaired) electrons. The van der Waals surface area contributed by atoms with E-state index in [0.29, 0.717) is 6.42 Å². The first-order valence-electron chi connectivity index (χ1n) is 7.85. The van der Waals surface area contributed by atoms with Crippen LogP contribution in [0.15, 0.2) is 24.3 Å². The van der Waals surface area contributed by atoms with E-state index >= 15 is 0 Å². The second-order valence-electron chi connectivity index (χ2n) is 5.55. The van der Waals surface area contributed by atoms with Gasteiger partial charge in [0.2, 0.25) is 11.8 Å². The Bertz CT molecular complexity index is 530. The van der Waals surface area contributed by atoms with Crippen molar-refractivity contribution in [1.82, 2.24) is 10.2 Å². The van der Waals surface area contributed by atoms with Gasteiger partial charge in [0.1, 0.15) is 5.75 Å². The quantitative estimate of drug-likeness (QED) is 0.877. The number of amides is 2. The largest absolute Gasteiger partial charge is 0.497 e. The van der Waals surface area contributed by atoms with Crippen LogP contribution >= 0.6 is 0 Å². The van der Waals surface area contributed by atoms with Gasteiger partial charge in [-0.3, -0.25) is 9.59 Å². The molecule has 5 nitrogen and oxygen atoms in total. The highest BCUT2D eigenvalue weighted by atomic mass is 16.5. The summed E-state index contributed by atoms with van der Waals surface area (Å²) in [6, 6.07) is 7.92. The second kappa shape index (κ2) is 7.82. The molecule has 1 unspecified atom stereocenters. The predicted molar refractivity (Wildman–Crippen MR) is 84.6 cm³/mol. The first-order valence-corrected chi connectivity index (χ1v) is 7.85. The van der Waals surface area contributed by atoms with Gasteiger partial charge in [-0.05, 0) is 37.0 Å². The van der Waals surface area contributed by atoms with Crippen molar-refractivity contribution in [3.05, 3.63) is 29.8 Å². The zero-order valence-electron chi connectivity index (χ0n) is 13.3. The van der Waals surface area contributed by atoms with Gasteiger partial charge in [-0.2, -0.15) is 0 Å². The molecule has 1 saturated heterocycles. The van der Waals surface area contributed by atoms with Crippen LogP contribution < -0.4 is 10.1 Å². The molecule has 2 amide bonds. The highest BCUT2D eigenvalue weighted by Crippen LogP contribution is 2.33. The molecule has 0 saturated carbocycles. The summed E-state index contributed by atoms with van der Waals surface area (Å²) in [5.74, 6) is 0.718. The van der Waals surface area contributed by atoms with Crippen molar-refractivity contribution in [2.45, 2.75) is 38.6 Å². The molecule has 1 heterocycles. The first-order chi connectivity index (χ1) is 10.7. The smallest absolute Gasteiger partial charge is 0.242 e. The molecule has 120 valence electrons. The molecule has 1 atom stereocenters. The molecule has 2 rings (SSSR count). The number of rotatable bonds is 6. The van der Waals surface area contributed by atoms with Crippen LogP contribution in [0.2, 0.25) is 0 Å². The molecule has 1 aliphatic rings. The minimum absolute atomic E-state index is 0.0187.